The molecule has 3 aromatic rings. The summed E-state index contributed by atoms with van der Waals surface area (Å²) in [6.45, 7) is 5.13. The molecule has 0 saturated carbocycles. The van der Waals surface area contributed by atoms with Crippen LogP contribution < -0.4 is 5.32 Å². The zero-order valence-corrected chi connectivity index (χ0v) is 17.5. The molecule has 5 rings (SSSR count). The lowest BCUT2D eigenvalue weighted by Gasteiger charge is -2.38. The van der Waals surface area contributed by atoms with E-state index in [9.17, 15) is 4.79 Å². The molecular weight excluding hydrogens is 374 g/mol. The second-order valence-corrected chi connectivity index (χ2v) is 8.89. The molecule has 0 bridgehead atoms. The molecule has 154 valence electrons. The van der Waals surface area contributed by atoms with Gasteiger partial charge in [-0.2, -0.15) is 5.10 Å². The number of aromatic nitrogens is 3. The second-order valence-electron chi connectivity index (χ2n) is 8.89. The topological polar surface area (TPSA) is 63.1 Å². The number of fused-ring (bicyclic) bond motifs is 1. The van der Waals surface area contributed by atoms with Crippen LogP contribution in [0.1, 0.15) is 66.7 Å². The van der Waals surface area contributed by atoms with Gasteiger partial charge in [0.2, 0.25) is 0 Å². The van der Waals surface area contributed by atoms with Gasteiger partial charge in [0.1, 0.15) is 11.4 Å². The predicted molar refractivity (Wildman–Crippen MR) is 116 cm³/mol. The highest BCUT2D eigenvalue weighted by Gasteiger charge is 2.39. The Morgan fingerprint density at radius 2 is 1.90 bits per heavy atom. The standard InChI is InChI=1S/C24H27N5O/c1-24(2)14-20(17-8-4-3-5-9-17)27-22-19(16-26-29(22)24)23(30)28-13-7-11-21(28)18-10-6-12-25-15-18/h3-6,8-10,12,15-16,20-21,27H,7,11,13-14H2,1-2H3. The van der Waals surface area contributed by atoms with E-state index in [-0.39, 0.29) is 23.5 Å². The number of hydrogen-bond donors (Lipinski definition) is 1. The zero-order chi connectivity index (χ0) is 20.7. The van der Waals surface area contributed by atoms with Crippen LogP contribution in [0.25, 0.3) is 0 Å². The van der Waals surface area contributed by atoms with Gasteiger partial charge in [-0.25, -0.2) is 4.68 Å². The van der Waals surface area contributed by atoms with Crippen LogP contribution in [0.2, 0.25) is 0 Å². The van der Waals surface area contributed by atoms with Crippen molar-refractivity contribution in [1.82, 2.24) is 19.7 Å². The van der Waals surface area contributed by atoms with E-state index in [4.69, 9.17) is 0 Å². The monoisotopic (exact) mass is 401 g/mol. The van der Waals surface area contributed by atoms with Crippen molar-refractivity contribution in [1.29, 1.82) is 0 Å². The summed E-state index contributed by atoms with van der Waals surface area (Å²) in [7, 11) is 0. The third kappa shape index (κ3) is 3.16. The minimum absolute atomic E-state index is 0.0413. The molecule has 1 saturated heterocycles. The normalized spacial score (nSPS) is 22.4. The summed E-state index contributed by atoms with van der Waals surface area (Å²) < 4.78 is 1.98. The number of likely N-dealkylation sites (tertiary alicyclic amines) is 1. The van der Waals surface area contributed by atoms with E-state index >= 15 is 0 Å². The Bertz CT molecular complexity index is 1040. The van der Waals surface area contributed by atoms with Gasteiger partial charge in [-0.1, -0.05) is 36.4 Å². The molecule has 1 aromatic carbocycles. The van der Waals surface area contributed by atoms with E-state index in [1.807, 2.05) is 27.9 Å². The van der Waals surface area contributed by atoms with Crippen LogP contribution in [0, 0.1) is 0 Å². The molecular formula is C24H27N5O. The molecule has 4 heterocycles. The van der Waals surface area contributed by atoms with Crippen LogP contribution in [-0.4, -0.2) is 32.1 Å². The van der Waals surface area contributed by atoms with E-state index < -0.39 is 0 Å². The predicted octanol–water partition coefficient (Wildman–Crippen LogP) is 4.55. The fourth-order valence-electron chi connectivity index (χ4n) is 4.88. The van der Waals surface area contributed by atoms with E-state index in [1.165, 1.54) is 5.56 Å². The Morgan fingerprint density at radius 1 is 1.10 bits per heavy atom. The summed E-state index contributed by atoms with van der Waals surface area (Å²) in [4.78, 5) is 19.9. The van der Waals surface area contributed by atoms with E-state index in [2.05, 4.69) is 59.6 Å². The molecule has 2 aromatic heterocycles. The van der Waals surface area contributed by atoms with Crippen molar-refractivity contribution < 1.29 is 4.79 Å². The van der Waals surface area contributed by atoms with Crippen molar-refractivity contribution in [3.8, 4) is 0 Å². The summed E-state index contributed by atoms with van der Waals surface area (Å²) in [5.74, 6) is 0.863. The minimum atomic E-state index is -0.187. The number of anilines is 1. The fraction of sp³-hybridized carbons (Fsp3) is 0.375. The van der Waals surface area contributed by atoms with E-state index in [1.54, 1.807) is 12.4 Å². The third-order valence-corrected chi connectivity index (χ3v) is 6.37. The third-order valence-electron chi connectivity index (χ3n) is 6.37. The summed E-state index contributed by atoms with van der Waals surface area (Å²) in [6.07, 6.45) is 8.25. The van der Waals surface area contributed by atoms with Crippen LogP contribution >= 0.6 is 0 Å². The molecule has 6 heteroatoms. The van der Waals surface area contributed by atoms with Crippen LogP contribution in [0.5, 0.6) is 0 Å². The van der Waals surface area contributed by atoms with Crippen LogP contribution in [0.4, 0.5) is 5.82 Å². The van der Waals surface area contributed by atoms with Crippen LogP contribution in [0.15, 0.2) is 61.1 Å². The molecule has 6 nitrogen and oxygen atoms in total. The number of carbonyl (C=O) groups excluding carboxylic acids is 1. The number of carbonyl (C=O) groups is 1. The average molecular weight is 402 g/mol. The number of nitrogens with one attached hydrogen (secondary N) is 1. The molecule has 0 spiro atoms. The maximum atomic E-state index is 13.6. The highest BCUT2D eigenvalue weighted by atomic mass is 16.2. The molecule has 2 aliphatic heterocycles. The SMILES string of the molecule is CC1(C)CC(c2ccccc2)Nc2c(C(=O)N3CCCC3c3cccnc3)cnn21. The minimum Gasteiger partial charge on any atom is -0.363 e. The molecule has 2 atom stereocenters. The maximum absolute atomic E-state index is 13.6. The van der Waals surface area contributed by atoms with E-state index in [0.717, 1.165) is 37.2 Å². The van der Waals surface area contributed by atoms with Gasteiger partial charge in [-0.05, 0) is 50.3 Å². The highest BCUT2D eigenvalue weighted by molar-refractivity contribution is 5.99. The summed E-state index contributed by atoms with van der Waals surface area (Å²) in [5, 5.41) is 8.24. The number of amides is 1. The highest BCUT2D eigenvalue weighted by Crippen LogP contribution is 2.41. The van der Waals surface area contributed by atoms with Crippen molar-refractivity contribution in [3.63, 3.8) is 0 Å². The molecule has 0 aliphatic carbocycles. The molecule has 2 unspecified atom stereocenters. The number of pyridine rings is 1. The first kappa shape index (κ1) is 18.9. The van der Waals surface area contributed by atoms with Crippen molar-refractivity contribution >= 4 is 11.7 Å². The Morgan fingerprint density at radius 3 is 2.67 bits per heavy atom. The van der Waals surface area contributed by atoms with Gasteiger partial charge in [-0.15, -0.1) is 0 Å². The van der Waals surface area contributed by atoms with Gasteiger partial charge in [0.15, 0.2) is 0 Å². The van der Waals surface area contributed by atoms with Crippen molar-refractivity contribution in [2.75, 3.05) is 11.9 Å². The first-order valence-corrected chi connectivity index (χ1v) is 10.7. The van der Waals surface area contributed by atoms with Gasteiger partial charge >= 0.3 is 0 Å². The van der Waals surface area contributed by atoms with Gasteiger partial charge in [0, 0.05) is 18.9 Å². The van der Waals surface area contributed by atoms with Crippen molar-refractivity contribution in [2.45, 2.75) is 50.7 Å². The largest absolute Gasteiger partial charge is 0.363 e. The number of nitrogens with zero attached hydrogens (tertiary/aromatic N) is 4. The average Bonchev–Trinajstić information content (AvgIpc) is 3.42. The first-order valence-electron chi connectivity index (χ1n) is 10.7. The zero-order valence-electron chi connectivity index (χ0n) is 17.5. The van der Waals surface area contributed by atoms with E-state index in [0.29, 0.717) is 5.56 Å². The molecule has 1 fully saturated rings. The first-order chi connectivity index (χ1) is 14.5. The molecule has 2 aliphatic rings. The molecule has 1 amide bonds. The Hall–Kier alpha value is -3.15. The summed E-state index contributed by atoms with van der Waals surface area (Å²) >= 11 is 0. The lowest BCUT2D eigenvalue weighted by Crippen LogP contribution is -2.39. The maximum Gasteiger partial charge on any atom is 0.259 e. The fourth-order valence-corrected chi connectivity index (χ4v) is 4.88. The lowest BCUT2D eigenvalue weighted by molar-refractivity contribution is 0.0736. The number of benzene rings is 1. The quantitative estimate of drug-likeness (QED) is 0.699. The van der Waals surface area contributed by atoms with Crippen LogP contribution in [0.3, 0.4) is 0 Å². The Balaban J connectivity index is 1.48. The lowest BCUT2D eigenvalue weighted by atomic mass is 9.89. The van der Waals surface area contributed by atoms with Gasteiger partial charge in [0.25, 0.3) is 5.91 Å². The number of hydrogen-bond acceptors (Lipinski definition) is 4. The smallest absolute Gasteiger partial charge is 0.259 e. The Kier molecular flexibility index (Phi) is 4.57. The summed E-state index contributed by atoms with van der Waals surface area (Å²) in [6, 6.07) is 14.6. The van der Waals surface area contributed by atoms with Crippen molar-refractivity contribution in [3.05, 3.63) is 77.7 Å². The van der Waals surface area contributed by atoms with Crippen LogP contribution in [-0.2, 0) is 5.54 Å². The van der Waals surface area contributed by atoms with Gasteiger partial charge in [-0.3, -0.25) is 9.78 Å². The molecule has 0 radical (unpaired) electrons. The van der Waals surface area contributed by atoms with Gasteiger partial charge in [0.05, 0.1) is 23.8 Å². The summed E-state index contributed by atoms with van der Waals surface area (Å²) in [5.41, 5.74) is 2.79. The van der Waals surface area contributed by atoms with Crippen molar-refractivity contribution in [2.24, 2.45) is 0 Å². The van der Waals surface area contributed by atoms with Gasteiger partial charge < -0.3 is 10.2 Å². The number of rotatable bonds is 3. The molecule has 1 N–H and O–H groups in total. The molecule has 30 heavy (non-hydrogen) atoms. The second kappa shape index (κ2) is 7.27. The Labute approximate surface area is 176 Å².